The van der Waals surface area contributed by atoms with Crippen LogP contribution in [-0.4, -0.2) is 5.91 Å². The van der Waals surface area contributed by atoms with E-state index in [0.29, 0.717) is 0 Å². The molecule has 0 spiro atoms. The fraction of sp³-hybridized carbons (Fsp3) is 0.500. The van der Waals surface area contributed by atoms with E-state index in [9.17, 15) is 4.79 Å². The van der Waals surface area contributed by atoms with Crippen LogP contribution in [0.4, 0.5) is 0 Å². The number of allylic oxidation sites excluding steroid dienone is 4. The molecule has 1 heterocycles. The smallest absolute Gasteiger partial charge is 0.227 e. The van der Waals surface area contributed by atoms with Crippen LogP contribution in [0.3, 0.4) is 0 Å². The first-order chi connectivity index (χ1) is 5.77. The maximum atomic E-state index is 11.3. The number of amides is 1. The molecule has 1 aliphatic heterocycles. The third-order valence-corrected chi connectivity index (χ3v) is 2.52. The Morgan fingerprint density at radius 2 is 2.42 bits per heavy atom. The van der Waals surface area contributed by atoms with Crippen LogP contribution in [-0.2, 0) is 4.79 Å². The van der Waals surface area contributed by atoms with Gasteiger partial charge >= 0.3 is 0 Å². The van der Waals surface area contributed by atoms with E-state index in [0.717, 1.165) is 25.0 Å². The average Bonchev–Trinajstić information content (AvgIpc) is 2.07. The summed E-state index contributed by atoms with van der Waals surface area (Å²) < 4.78 is 0. The molecular weight excluding hydrogens is 150 g/mol. The maximum absolute atomic E-state index is 11.3. The van der Waals surface area contributed by atoms with Gasteiger partial charge in [0.2, 0.25) is 5.91 Å². The van der Waals surface area contributed by atoms with Crippen LogP contribution in [0.5, 0.6) is 0 Å². The van der Waals surface area contributed by atoms with Gasteiger partial charge < -0.3 is 5.32 Å². The highest BCUT2D eigenvalue weighted by Crippen LogP contribution is 2.26. The van der Waals surface area contributed by atoms with E-state index in [2.05, 4.69) is 17.5 Å². The summed E-state index contributed by atoms with van der Waals surface area (Å²) in [5.74, 6) is 0.329. The number of hydrogen-bond acceptors (Lipinski definition) is 1. The third-order valence-electron chi connectivity index (χ3n) is 2.52. The Bertz CT molecular complexity index is 276. The van der Waals surface area contributed by atoms with Crippen molar-refractivity contribution in [3.8, 4) is 0 Å². The summed E-state index contributed by atoms with van der Waals surface area (Å²) in [4.78, 5) is 11.3. The lowest BCUT2D eigenvalue weighted by Crippen LogP contribution is -2.34. The Labute approximate surface area is 72.3 Å². The highest BCUT2D eigenvalue weighted by atomic mass is 16.1. The van der Waals surface area contributed by atoms with E-state index in [-0.39, 0.29) is 11.8 Å². The zero-order valence-electron chi connectivity index (χ0n) is 7.26. The zero-order chi connectivity index (χ0) is 8.55. The van der Waals surface area contributed by atoms with Crippen molar-refractivity contribution >= 4 is 5.91 Å². The highest BCUT2D eigenvalue weighted by Gasteiger charge is 2.23. The molecule has 1 amide bonds. The third kappa shape index (κ3) is 1.17. The molecular formula is C10H13NO. The number of hydrogen-bond donors (Lipinski definition) is 1. The summed E-state index contributed by atoms with van der Waals surface area (Å²) in [6, 6.07) is 0. The lowest BCUT2D eigenvalue weighted by Gasteiger charge is -2.25. The monoisotopic (exact) mass is 163 g/mol. The summed E-state index contributed by atoms with van der Waals surface area (Å²) in [5, 5.41) is 2.96. The molecule has 0 radical (unpaired) electrons. The van der Waals surface area contributed by atoms with Crippen molar-refractivity contribution in [2.75, 3.05) is 0 Å². The number of rotatable bonds is 0. The van der Waals surface area contributed by atoms with Gasteiger partial charge in [0, 0.05) is 11.6 Å². The molecule has 0 bridgehead atoms. The number of nitrogens with one attached hydrogen (secondary N) is 1. The SMILES string of the molecule is CC1CC2=C(CCC=C2)NC1=O. The molecule has 0 aromatic heterocycles. The van der Waals surface area contributed by atoms with Crippen molar-refractivity contribution in [3.05, 3.63) is 23.4 Å². The Hall–Kier alpha value is -1.05. The quantitative estimate of drug-likeness (QED) is 0.579. The first kappa shape index (κ1) is 7.59. The van der Waals surface area contributed by atoms with Crippen LogP contribution >= 0.6 is 0 Å². The second-order valence-corrected chi connectivity index (χ2v) is 3.54. The fourth-order valence-corrected chi connectivity index (χ4v) is 1.74. The molecule has 0 aromatic rings. The first-order valence-corrected chi connectivity index (χ1v) is 4.47. The molecule has 12 heavy (non-hydrogen) atoms. The summed E-state index contributed by atoms with van der Waals surface area (Å²) in [7, 11) is 0. The van der Waals surface area contributed by atoms with Crippen molar-refractivity contribution in [1.82, 2.24) is 5.32 Å². The molecule has 1 unspecified atom stereocenters. The summed E-state index contributed by atoms with van der Waals surface area (Å²) in [5.41, 5.74) is 2.48. The molecule has 0 aromatic carbocycles. The predicted octanol–water partition coefficient (Wildman–Crippen LogP) is 1.75. The van der Waals surface area contributed by atoms with Crippen molar-refractivity contribution in [3.63, 3.8) is 0 Å². The summed E-state index contributed by atoms with van der Waals surface area (Å²) in [6.07, 6.45) is 7.31. The molecule has 1 aliphatic carbocycles. The minimum Gasteiger partial charge on any atom is -0.329 e. The minimum absolute atomic E-state index is 0.145. The lowest BCUT2D eigenvalue weighted by atomic mass is 9.90. The van der Waals surface area contributed by atoms with Crippen molar-refractivity contribution in [1.29, 1.82) is 0 Å². The Morgan fingerprint density at radius 3 is 3.25 bits per heavy atom. The average molecular weight is 163 g/mol. The molecule has 1 atom stereocenters. The zero-order valence-corrected chi connectivity index (χ0v) is 7.26. The first-order valence-electron chi connectivity index (χ1n) is 4.47. The van der Waals surface area contributed by atoms with E-state index >= 15 is 0 Å². The molecule has 2 nitrogen and oxygen atoms in total. The summed E-state index contributed by atoms with van der Waals surface area (Å²) >= 11 is 0. The second kappa shape index (κ2) is 2.77. The van der Waals surface area contributed by atoms with Gasteiger partial charge in [-0.05, 0) is 24.8 Å². The Morgan fingerprint density at radius 1 is 1.58 bits per heavy atom. The maximum Gasteiger partial charge on any atom is 0.227 e. The van der Waals surface area contributed by atoms with Gasteiger partial charge in [0.25, 0.3) is 0 Å². The van der Waals surface area contributed by atoms with Crippen molar-refractivity contribution < 1.29 is 4.79 Å². The topological polar surface area (TPSA) is 29.1 Å². The van der Waals surface area contributed by atoms with Crippen molar-refractivity contribution in [2.45, 2.75) is 26.2 Å². The number of carbonyl (C=O) groups excluding carboxylic acids is 1. The van der Waals surface area contributed by atoms with E-state index in [4.69, 9.17) is 0 Å². The molecule has 0 saturated heterocycles. The van der Waals surface area contributed by atoms with Gasteiger partial charge in [0.15, 0.2) is 0 Å². The summed E-state index contributed by atoms with van der Waals surface area (Å²) in [6.45, 7) is 1.97. The molecule has 1 N–H and O–H groups in total. The second-order valence-electron chi connectivity index (χ2n) is 3.54. The van der Waals surface area contributed by atoms with Crippen molar-refractivity contribution in [2.24, 2.45) is 5.92 Å². The van der Waals surface area contributed by atoms with Gasteiger partial charge in [-0.25, -0.2) is 0 Å². The Kier molecular flexibility index (Phi) is 1.75. The van der Waals surface area contributed by atoms with Gasteiger partial charge in [0.1, 0.15) is 0 Å². The van der Waals surface area contributed by atoms with E-state index in [1.165, 1.54) is 5.57 Å². The van der Waals surface area contributed by atoms with Gasteiger partial charge in [-0.1, -0.05) is 19.1 Å². The molecule has 2 rings (SSSR count). The normalized spacial score (nSPS) is 28.4. The van der Waals surface area contributed by atoms with Crippen LogP contribution in [0.25, 0.3) is 0 Å². The van der Waals surface area contributed by atoms with Crippen LogP contribution in [0.15, 0.2) is 23.4 Å². The van der Waals surface area contributed by atoms with E-state index < -0.39 is 0 Å². The van der Waals surface area contributed by atoms with Gasteiger partial charge in [-0.3, -0.25) is 4.79 Å². The van der Waals surface area contributed by atoms with Crippen LogP contribution in [0.1, 0.15) is 26.2 Å². The fourth-order valence-electron chi connectivity index (χ4n) is 1.74. The van der Waals surface area contributed by atoms with Gasteiger partial charge in [0.05, 0.1) is 0 Å². The molecule has 0 saturated carbocycles. The standard InChI is InChI=1S/C10H13NO/c1-7-6-8-4-2-3-5-9(8)11-10(7)12/h2,4,7H,3,5-6H2,1H3,(H,11,12). The Balaban J connectivity index is 2.27. The van der Waals surface area contributed by atoms with Crippen LogP contribution in [0, 0.1) is 5.92 Å². The van der Waals surface area contributed by atoms with Crippen LogP contribution < -0.4 is 5.32 Å². The van der Waals surface area contributed by atoms with Gasteiger partial charge in [-0.15, -0.1) is 0 Å². The van der Waals surface area contributed by atoms with E-state index in [1.807, 2.05) is 6.92 Å². The van der Waals surface area contributed by atoms with E-state index in [1.54, 1.807) is 0 Å². The molecule has 64 valence electrons. The molecule has 0 fully saturated rings. The molecule has 2 heteroatoms. The number of carbonyl (C=O) groups is 1. The van der Waals surface area contributed by atoms with Crippen LogP contribution in [0.2, 0.25) is 0 Å². The predicted molar refractivity (Wildman–Crippen MR) is 47.3 cm³/mol. The molecule has 2 aliphatic rings. The largest absolute Gasteiger partial charge is 0.329 e. The highest BCUT2D eigenvalue weighted by molar-refractivity contribution is 5.82. The lowest BCUT2D eigenvalue weighted by molar-refractivity contribution is -0.124. The van der Waals surface area contributed by atoms with Gasteiger partial charge in [-0.2, -0.15) is 0 Å². The minimum atomic E-state index is 0.145.